The van der Waals surface area contributed by atoms with Crippen LogP contribution in [0.15, 0.2) is 41.2 Å². The molecule has 3 heterocycles. The van der Waals surface area contributed by atoms with Crippen LogP contribution in [0.4, 0.5) is 0 Å². The third kappa shape index (κ3) is 4.70. The number of aryl methyl sites for hydroxylation is 1. The van der Waals surface area contributed by atoms with Gasteiger partial charge < -0.3 is 9.80 Å². The third-order valence-electron chi connectivity index (χ3n) is 6.36. The molecule has 2 aromatic rings. The summed E-state index contributed by atoms with van der Waals surface area (Å²) in [6, 6.07) is 10.9. The SMILES string of the molecule is Cc1cc(=O)c(C(=O)N2CCC(C(=O)N3CCCCCC3)CC2)nn1-c1ccccc1. The van der Waals surface area contributed by atoms with E-state index in [9.17, 15) is 14.4 Å². The number of likely N-dealkylation sites (tertiary alicyclic amines) is 2. The van der Waals surface area contributed by atoms with Crippen molar-refractivity contribution in [1.29, 1.82) is 0 Å². The molecule has 0 saturated carbocycles. The number of carbonyl (C=O) groups excluding carboxylic acids is 2. The van der Waals surface area contributed by atoms with Gasteiger partial charge in [0.25, 0.3) is 5.91 Å². The maximum atomic E-state index is 13.1. The van der Waals surface area contributed by atoms with E-state index in [1.54, 1.807) is 16.5 Å². The summed E-state index contributed by atoms with van der Waals surface area (Å²) in [5, 5.41) is 4.39. The largest absolute Gasteiger partial charge is 0.342 e. The average Bonchev–Trinajstić information content (AvgIpc) is 3.09. The zero-order valence-electron chi connectivity index (χ0n) is 18.1. The Balaban J connectivity index is 1.45. The van der Waals surface area contributed by atoms with Crippen molar-refractivity contribution in [1.82, 2.24) is 19.6 Å². The fourth-order valence-electron chi connectivity index (χ4n) is 4.55. The lowest BCUT2D eigenvalue weighted by molar-refractivity contribution is -0.136. The number of aromatic nitrogens is 2. The fourth-order valence-corrected chi connectivity index (χ4v) is 4.55. The van der Waals surface area contributed by atoms with E-state index in [1.165, 1.54) is 18.9 Å². The van der Waals surface area contributed by atoms with E-state index in [1.807, 2.05) is 35.2 Å². The number of hydrogen-bond donors (Lipinski definition) is 0. The van der Waals surface area contributed by atoms with Crippen molar-refractivity contribution in [2.24, 2.45) is 5.92 Å². The molecule has 2 aliphatic heterocycles. The van der Waals surface area contributed by atoms with Crippen molar-refractivity contribution in [3.8, 4) is 5.69 Å². The molecule has 0 bridgehead atoms. The Morgan fingerprint density at radius 1 is 0.903 bits per heavy atom. The average molecular weight is 423 g/mol. The first kappa shape index (κ1) is 21.3. The normalized spacial score (nSPS) is 18.0. The second-order valence-electron chi connectivity index (χ2n) is 8.55. The Morgan fingerprint density at radius 3 is 2.19 bits per heavy atom. The van der Waals surface area contributed by atoms with Crippen LogP contribution in [0.1, 0.15) is 54.7 Å². The summed E-state index contributed by atoms with van der Waals surface area (Å²) >= 11 is 0. The van der Waals surface area contributed by atoms with Crippen molar-refractivity contribution < 1.29 is 9.59 Å². The number of nitrogens with zero attached hydrogens (tertiary/aromatic N) is 4. The molecule has 0 radical (unpaired) electrons. The highest BCUT2D eigenvalue weighted by molar-refractivity contribution is 5.92. The molecular weight excluding hydrogens is 392 g/mol. The van der Waals surface area contributed by atoms with Gasteiger partial charge in [-0.15, -0.1) is 0 Å². The molecule has 7 nitrogen and oxygen atoms in total. The lowest BCUT2D eigenvalue weighted by Gasteiger charge is -2.33. The topological polar surface area (TPSA) is 75.5 Å². The summed E-state index contributed by atoms with van der Waals surface area (Å²) in [7, 11) is 0. The number of benzene rings is 1. The second-order valence-corrected chi connectivity index (χ2v) is 8.55. The van der Waals surface area contributed by atoms with E-state index in [-0.39, 0.29) is 28.9 Å². The maximum Gasteiger partial charge on any atom is 0.278 e. The van der Waals surface area contributed by atoms with Crippen molar-refractivity contribution in [3.05, 3.63) is 58.0 Å². The summed E-state index contributed by atoms with van der Waals surface area (Å²) in [4.78, 5) is 42.2. The minimum atomic E-state index is -0.363. The summed E-state index contributed by atoms with van der Waals surface area (Å²) in [5.74, 6) is -0.154. The first-order valence-corrected chi connectivity index (χ1v) is 11.3. The van der Waals surface area contributed by atoms with Crippen LogP contribution in [0.3, 0.4) is 0 Å². The maximum absolute atomic E-state index is 13.1. The Hall–Kier alpha value is -2.96. The highest BCUT2D eigenvalue weighted by atomic mass is 16.2. The predicted octanol–water partition coefficient (Wildman–Crippen LogP) is 2.80. The molecule has 2 fully saturated rings. The van der Waals surface area contributed by atoms with Crippen LogP contribution in [0, 0.1) is 12.8 Å². The zero-order valence-corrected chi connectivity index (χ0v) is 18.1. The van der Waals surface area contributed by atoms with E-state index in [0.29, 0.717) is 31.6 Å². The first-order valence-electron chi connectivity index (χ1n) is 11.3. The Bertz CT molecular complexity index is 986. The molecular formula is C24H30N4O3. The van der Waals surface area contributed by atoms with Crippen LogP contribution >= 0.6 is 0 Å². The van der Waals surface area contributed by atoms with Crippen molar-refractivity contribution >= 4 is 11.8 Å². The summed E-state index contributed by atoms with van der Waals surface area (Å²) in [5.41, 5.74) is 1.05. The minimum absolute atomic E-state index is 0.0332. The smallest absolute Gasteiger partial charge is 0.278 e. The molecule has 31 heavy (non-hydrogen) atoms. The summed E-state index contributed by atoms with van der Waals surface area (Å²) in [6.45, 7) is 4.46. The van der Waals surface area contributed by atoms with E-state index < -0.39 is 0 Å². The molecule has 2 saturated heterocycles. The monoisotopic (exact) mass is 422 g/mol. The number of carbonyl (C=O) groups is 2. The van der Waals surface area contributed by atoms with Crippen LogP contribution < -0.4 is 5.43 Å². The minimum Gasteiger partial charge on any atom is -0.342 e. The standard InChI is InChI=1S/C24H30N4O3/c1-18-17-21(29)22(25-28(18)20-9-5-4-6-10-20)24(31)27-15-11-19(12-16-27)23(30)26-13-7-2-3-8-14-26/h4-6,9-10,17,19H,2-3,7-8,11-16H2,1H3. The van der Waals surface area contributed by atoms with E-state index in [4.69, 9.17) is 0 Å². The highest BCUT2D eigenvalue weighted by Gasteiger charge is 2.32. The van der Waals surface area contributed by atoms with E-state index in [2.05, 4.69) is 5.10 Å². The van der Waals surface area contributed by atoms with Gasteiger partial charge in [0.05, 0.1) is 5.69 Å². The number of para-hydroxylation sites is 1. The third-order valence-corrected chi connectivity index (χ3v) is 6.36. The van der Waals surface area contributed by atoms with Gasteiger partial charge in [0.1, 0.15) is 0 Å². The van der Waals surface area contributed by atoms with Crippen LogP contribution in [0.2, 0.25) is 0 Å². The van der Waals surface area contributed by atoms with Gasteiger partial charge in [-0.2, -0.15) is 5.10 Å². The Labute approximate surface area is 182 Å². The first-order chi connectivity index (χ1) is 15.0. The van der Waals surface area contributed by atoms with Crippen molar-refractivity contribution in [2.45, 2.75) is 45.4 Å². The zero-order chi connectivity index (χ0) is 21.8. The fraction of sp³-hybridized carbons (Fsp3) is 0.500. The lowest BCUT2D eigenvalue weighted by atomic mass is 9.95. The summed E-state index contributed by atoms with van der Waals surface area (Å²) < 4.78 is 1.63. The summed E-state index contributed by atoms with van der Waals surface area (Å²) in [6.07, 6.45) is 5.83. The molecule has 0 atom stereocenters. The van der Waals surface area contributed by atoms with Crippen LogP contribution in [0.25, 0.3) is 5.69 Å². The number of hydrogen-bond acceptors (Lipinski definition) is 4. The number of amides is 2. The second kappa shape index (κ2) is 9.45. The van der Waals surface area contributed by atoms with Gasteiger partial charge in [-0.3, -0.25) is 14.4 Å². The Kier molecular flexibility index (Phi) is 6.49. The van der Waals surface area contributed by atoms with Gasteiger partial charge in [-0.1, -0.05) is 31.0 Å². The molecule has 1 aromatic carbocycles. The van der Waals surface area contributed by atoms with Crippen LogP contribution in [-0.2, 0) is 4.79 Å². The molecule has 1 aromatic heterocycles. The molecule has 2 amide bonds. The van der Waals surface area contributed by atoms with Crippen LogP contribution in [-0.4, -0.2) is 57.6 Å². The quantitative estimate of drug-likeness (QED) is 0.762. The molecule has 7 heteroatoms. The molecule has 0 unspecified atom stereocenters. The molecule has 164 valence electrons. The van der Waals surface area contributed by atoms with Crippen molar-refractivity contribution in [2.75, 3.05) is 26.2 Å². The highest BCUT2D eigenvalue weighted by Crippen LogP contribution is 2.22. The number of piperidine rings is 1. The predicted molar refractivity (Wildman–Crippen MR) is 118 cm³/mol. The van der Waals surface area contributed by atoms with Gasteiger partial charge in [-0.05, 0) is 44.7 Å². The van der Waals surface area contributed by atoms with Gasteiger partial charge in [-0.25, -0.2) is 4.68 Å². The number of rotatable bonds is 3. The van der Waals surface area contributed by atoms with E-state index in [0.717, 1.165) is 31.6 Å². The van der Waals surface area contributed by atoms with Gasteiger partial charge in [0.15, 0.2) is 5.69 Å². The van der Waals surface area contributed by atoms with E-state index >= 15 is 0 Å². The molecule has 2 aliphatic rings. The lowest BCUT2D eigenvalue weighted by Crippen LogP contribution is -2.45. The molecule has 4 rings (SSSR count). The van der Waals surface area contributed by atoms with Crippen molar-refractivity contribution in [3.63, 3.8) is 0 Å². The van der Waals surface area contributed by atoms with Crippen LogP contribution in [0.5, 0.6) is 0 Å². The molecule has 0 spiro atoms. The molecule has 0 aliphatic carbocycles. The Morgan fingerprint density at radius 2 is 1.55 bits per heavy atom. The van der Waals surface area contributed by atoms with Gasteiger partial charge >= 0.3 is 0 Å². The molecule has 0 N–H and O–H groups in total. The van der Waals surface area contributed by atoms with Gasteiger partial charge in [0, 0.05) is 43.9 Å². The van der Waals surface area contributed by atoms with Gasteiger partial charge in [0.2, 0.25) is 11.3 Å².